The van der Waals surface area contributed by atoms with E-state index in [9.17, 15) is 4.79 Å². The Kier molecular flexibility index (Phi) is 4.20. The molecule has 0 radical (unpaired) electrons. The van der Waals surface area contributed by atoms with Crippen LogP contribution in [0.1, 0.15) is 13.3 Å². The summed E-state index contributed by atoms with van der Waals surface area (Å²) >= 11 is 1.55. The van der Waals surface area contributed by atoms with Crippen molar-refractivity contribution in [2.45, 2.75) is 25.0 Å². The van der Waals surface area contributed by atoms with Crippen LogP contribution in [-0.2, 0) is 6.54 Å². The first-order chi connectivity index (χ1) is 8.77. The predicted molar refractivity (Wildman–Crippen MR) is 77.2 cm³/mol. The zero-order valence-corrected chi connectivity index (χ0v) is 11.2. The SMILES string of the molecule is C=CCSc1nc2ccccc2c(=O)n1CCC. The van der Waals surface area contributed by atoms with Gasteiger partial charge in [-0.3, -0.25) is 9.36 Å². The topological polar surface area (TPSA) is 34.9 Å². The molecule has 0 saturated heterocycles. The number of hydrogen-bond donors (Lipinski definition) is 0. The second-order valence-electron chi connectivity index (χ2n) is 3.97. The van der Waals surface area contributed by atoms with Gasteiger partial charge in [-0.25, -0.2) is 4.98 Å². The van der Waals surface area contributed by atoms with Crippen molar-refractivity contribution in [2.75, 3.05) is 5.75 Å². The van der Waals surface area contributed by atoms with Crippen molar-refractivity contribution >= 4 is 22.7 Å². The van der Waals surface area contributed by atoms with Gasteiger partial charge >= 0.3 is 0 Å². The van der Waals surface area contributed by atoms with Crippen molar-refractivity contribution in [3.63, 3.8) is 0 Å². The van der Waals surface area contributed by atoms with Gasteiger partial charge in [0.05, 0.1) is 10.9 Å². The van der Waals surface area contributed by atoms with Gasteiger partial charge in [-0.1, -0.05) is 36.9 Å². The second kappa shape index (κ2) is 5.87. The number of aromatic nitrogens is 2. The summed E-state index contributed by atoms with van der Waals surface area (Å²) in [7, 11) is 0. The van der Waals surface area contributed by atoms with Crippen LogP contribution in [0.15, 0.2) is 46.9 Å². The summed E-state index contributed by atoms with van der Waals surface area (Å²) in [5.74, 6) is 0.758. The molecule has 0 aliphatic rings. The highest BCUT2D eigenvalue weighted by Gasteiger charge is 2.09. The average Bonchev–Trinajstić information content (AvgIpc) is 2.40. The molecule has 2 aromatic rings. The Hall–Kier alpha value is -1.55. The van der Waals surface area contributed by atoms with Gasteiger partial charge in [0.1, 0.15) is 0 Å². The molecule has 18 heavy (non-hydrogen) atoms. The van der Waals surface area contributed by atoms with Crippen molar-refractivity contribution in [1.82, 2.24) is 9.55 Å². The van der Waals surface area contributed by atoms with Crippen LogP contribution in [0.2, 0.25) is 0 Å². The minimum absolute atomic E-state index is 0.0500. The number of nitrogens with zero attached hydrogens (tertiary/aromatic N) is 2. The van der Waals surface area contributed by atoms with Gasteiger partial charge in [0.2, 0.25) is 0 Å². The lowest BCUT2D eigenvalue weighted by Gasteiger charge is -2.11. The van der Waals surface area contributed by atoms with Crippen LogP contribution in [0.25, 0.3) is 10.9 Å². The van der Waals surface area contributed by atoms with Gasteiger partial charge in [-0.2, -0.15) is 0 Å². The summed E-state index contributed by atoms with van der Waals surface area (Å²) < 4.78 is 1.76. The summed E-state index contributed by atoms with van der Waals surface area (Å²) in [6, 6.07) is 7.49. The highest BCUT2D eigenvalue weighted by Crippen LogP contribution is 2.17. The number of fused-ring (bicyclic) bond motifs is 1. The quantitative estimate of drug-likeness (QED) is 0.471. The number of benzene rings is 1. The maximum absolute atomic E-state index is 12.4. The van der Waals surface area contributed by atoms with Crippen LogP contribution in [0.3, 0.4) is 0 Å². The summed E-state index contributed by atoms with van der Waals surface area (Å²) in [6.45, 7) is 6.46. The molecule has 2 rings (SSSR count). The first-order valence-electron chi connectivity index (χ1n) is 6.01. The summed E-state index contributed by atoms with van der Waals surface area (Å²) in [5, 5.41) is 1.47. The third kappa shape index (κ3) is 2.48. The molecule has 1 aromatic carbocycles. The van der Waals surface area contributed by atoms with Gasteiger partial charge in [0.25, 0.3) is 5.56 Å². The molecule has 3 nitrogen and oxygen atoms in total. The average molecular weight is 260 g/mol. The monoisotopic (exact) mass is 260 g/mol. The van der Waals surface area contributed by atoms with Crippen molar-refractivity contribution in [2.24, 2.45) is 0 Å². The second-order valence-corrected chi connectivity index (χ2v) is 4.96. The molecule has 1 aromatic heterocycles. The standard InChI is InChI=1S/C14H16N2OS/c1-3-9-16-13(17)11-7-5-6-8-12(11)15-14(16)18-10-4-2/h4-8H,2-3,9-10H2,1H3. The van der Waals surface area contributed by atoms with E-state index in [4.69, 9.17) is 0 Å². The molecule has 0 aliphatic carbocycles. The van der Waals surface area contributed by atoms with E-state index in [0.717, 1.165) is 22.8 Å². The Morgan fingerprint density at radius 3 is 2.94 bits per heavy atom. The van der Waals surface area contributed by atoms with Crippen molar-refractivity contribution in [3.8, 4) is 0 Å². The third-order valence-corrected chi connectivity index (χ3v) is 3.58. The highest BCUT2D eigenvalue weighted by molar-refractivity contribution is 7.99. The Morgan fingerprint density at radius 1 is 1.44 bits per heavy atom. The van der Waals surface area contributed by atoms with E-state index in [1.165, 1.54) is 0 Å². The van der Waals surface area contributed by atoms with Crippen molar-refractivity contribution in [3.05, 3.63) is 47.3 Å². The molecule has 4 heteroatoms. The third-order valence-electron chi connectivity index (χ3n) is 2.60. The highest BCUT2D eigenvalue weighted by atomic mass is 32.2. The van der Waals surface area contributed by atoms with E-state index in [1.807, 2.05) is 30.3 Å². The van der Waals surface area contributed by atoms with E-state index >= 15 is 0 Å². The maximum Gasteiger partial charge on any atom is 0.262 e. The Balaban J connectivity index is 2.62. The smallest absolute Gasteiger partial charge is 0.262 e. The minimum Gasteiger partial charge on any atom is -0.287 e. The van der Waals surface area contributed by atoms with Crippen LogP contribution in [0.5, 0.6) is 0 Å². The van der Waals surface area contributed by atoms with Crippen LogP contribution in [0.4, 0.5) is 0 Å². The Morgan fingerprint density at radius 2 is 2.22 bits per heavy atom. The fourth-order valence-electron chi connectivity index (χ4n) is 1.81. The lowest BCUT2D eigenvalue weighted by atomic mass is 10.2. The molecule has 0 N–H and O–H groups in total. The van der Waals surface area contributed by atoms with Crippen LogP contribution < -0.4 is 5.56 Å². The molecular weight excluding hydrogens is 244 g/mol. The Bertz CT molecular complexity index is 619. The molecule has 0 atom stereocenters. The predicted octanol–water partition coefficient (Wildman–Crippen LogP) is 3.08. The van der Waals surface area contributed by atoms with Crippen molar-refractivity contribution < 1.29 is 0 Å². The fourth-order valence-corrected chi connectivity index (χ4v) is 2.57. The van der Waals surface area contributed by atoms with Crippen LogP contribution in [0, 0.1) is 0 Å². The molecule has 94 valence electrons. The number of thioether (sulfide) groups is 1. The van der Waals surface area contributed by atoms with E-state index < -0.39 is 0 Å². The van der Waals surface area contributed by atoms with E-state index in [1.54, 1.807) is 16.3 Å². The van der Waals surface area contributed by atoms with Gasteiger partial charge < -0.3 is 0 Å². The van der Waals surface area contributed by atoms with E-state index in [0.29, 0.717) is 11.9 Å². The zero-order chi connectivity index (χ0) is 13.0. The molecule has 0 saturated carbocycles. The molecule has 0 unspecified atom stereocenters. The number of hydrogen-bond acceptors (Lipinski definition) is 3. The first-order valence-corrected chi connectivity index (χ1v) is 6.99. The molecular formula is C14H16N2OS. The zero-order valence-electron chi connectivity index (χ0n) is 10.4. The summed E-state index contributed by atoms with van der Waals surface area (Å²) in [6.07, 6.45) is 2.74. The fraction of sp³-hybridized carbons (Fsp3) is 0.286. The van der Waals surface area contributed by atoms with Crippen LogP contribution in [-0.4, -0.2) is 15.3 Å². The first kappa shape index (κ1) is 12.9. The van der Waals surface area contributed by atoms with Gasteiger partial charge in [-0.15, -0.1) is 6.58 Å². The largest absolute Gasteiger partial charge is 0.287 e. The number of rotatable bonds is 5. The van der Waals surface area contributed by atoms with Gasteiger partial charge in [0.15, 0.2) is 5.16 Å². The molecule has 1 heterocycles. The lowest BCUT2D eigenvalue weighted by Crippen LogP contribution is -2.23. The molecule has 0 aliphatic heterocycles. The lowest BCUT2D eigenvalue weighted by molar-refractivity contribution is 0.585. The van der Waals surface area contributed by atoms with Crippen molar-refractivity contribution in [1.29, 1.82) is 0 Å². The van der Waals surface area contributed by atoms with E-state index in [2.05, 4.69) is 18.5 Å². The van der Waals surface area contributed by atoms with Gasteiger partial charge in [0, 0.05) is 12.3 Å². The van der Waals surface area contributed by atoms with E-state index in [-0.39, 0.29) is 5.56 Å². The molecule has 0 bridgehead atoms. The normalized spacial score (nSPS) is 10.7. The number of para-hydroxylation sites is 1. The van der Waals surface area contributed by atoms with Gasteiger partial charge in [-0.05, 0) is 18.6 Å². The minimum atomic E-state index is 0.0500. The summed E-state index contributed by atoms with van der Waals surface area (Å²) in [5.41, 5.74) is 0.815. The molecule has 0 amide bonds. The molecule has 0 spiro atoms. The van der Waals surface area contributed by atoms with Crippen LogP contribution >= 0.6 is 11.8 Å². The Labute approximate surface area is 111 Å². The summed E-state index contributed by atoms with van der Waals surface area (Å²) in [4.78, 5) is 17.0. The maximum atomic E-state index is 12.4. The molecule has 0 fully saturated rings.